The molecule has 0 saturated heterocycles. The van der Waals surface area contributed by atoms with Crippen molar-refractivity contribution in [2.24, 2.45) is 11.1 Å². The smallest absolute Gasteiger partial charge is 0.327 e. The zero-order valence-corrected chi connectivity index (χ0v) is 11.3. The van der Waals surface area contributed by atoms with Gasteiger partial charge in [-0.3, -0.25) is 4.90 Å². The number of alkyl halides is 3. The Hall–Kier alpha value is -0.550. The lowest BCUT2D eigenvalue weighted by molar-refractivity contribution is -0.0960. The quantitative estimate of drug-likeness (QED) is 0.794. The summed E-state index contributed by atoms with van der Waals surface area (Å²) in [6.45, 7) is 7.86. The molecule has 0 amide bonds. The average Bonchev–Trinajstić information content (AvgIpc) is 2.24. The monoisotopic (exact) mass is 264 g/mol. The maximum atomic E-state index is 12.4. The predicted octanol–water partition coefficient (Wildman–Crippen LogP) is 2.94. The molecule has 1 atom stereocenters. The second-order valence-electron chi connectivity index (χ2n) is 6.04. The molecule has 18 heavy (non-hydrogen) atoms. The summed E-state index contributed by atoms with van der Waals surface area (Å²) in [7, 11) is 0. The van der Waals surface area contributed by atoms with Gasteiger partial charge in [-0.05, 0) is 24.8 Å². The number of rotatable bonds is 3. The van der Waals surface area contributed by atoms with E-state index in [1.807, 2.05) is 4.90 Å². The minimum Gasteiger partial charge on any atom is -0.327 e. The van der Waals surface area contributed by atoms with E-state index in [0.29, 0.717) is 13.1 Å². The van der Waals surface area contributed by atoms with Crippen LogP contribution in [0.4, 0.5) is 13.2 Å². The topological polar surface area (TPSA) is 29.3 Å². The highest BCUT2D eigenvalue weighted by Gasteiger charge is 2.34. The van der Waals surface area contributed by atoms with E-state index in [1.165, 1.54) is 6.08 Å². The highest BCUT2D eigenvalue weighted by atomic mass is 19.4. The number of nitrogens with two attached hydrogens (primary N) is 1. The second-order valence-corrected chi connectivity index (χ2v) is 6.04. The van der Waals surface area contributed by atoms with Crippen LogP contribution in [0.3, 0.4) is 0 Å². The summed E-state index contributed by atoms with van der Waals surface area (Å²) in [5, 5.41) is 0. The van der Waals surface area contributed by atoms with Crippen molar-refractivity contribution >= 4 is 0 Å². The van der Waals surface area contributed by atoms with Crippen LogP contribution in [0, 0.1) is 5.41 Å². The fraction of sp³-hybridized carbons (Fsp3) is 0.846. The number of nitrogens with zero attached hydrogens (tertiary/aromatic N) is 1. The first-order chi connectivity index (χ1) is 8.10. The maximum Gasteiger partial charge on any atom is 0.412 e. The molecule has 1 aliphatic heterocycles. The second kappa shape index (κ2) is 5.61. The highest BCUT2D eigenvalue weighted by Crippen LogP contribution is 2.30. The van der Waals surface area contributed by atoms with E-state index in [9.17, 15) is 13.2 Å². The largest absolute Gasteiger partial charge is 0.412 e. The van der Waals surface area contributed by atoms with Gasteiger partial charge in [-0.15, -0.1) is 0 Å². The van der Waals surface area contributed by atoms with Gasteiger partial charge in [0.2, 0.25) is 0 Å². The molecule has 2 N–H and O–H groups in total. The molecule has 0 aliphatic carbocycles. The van der Waals surface area contributed by atoms with Gasteiger partial charge in [0.1, 0.15) is 0 Å². The molecule has 0 aromatic heterocycles. The first-order valence-corrected chi connectivity index (χ1v) is 6.35. The Kier molecular flexibility index (Phi) is 4.84. The Balaban J connectivity index is 2.39. The van der Waals surface area contributed by atoms with E-state index in [4.69, 9.17) is 5.73 Å². The van der Waals surface area contributed by atoms with Gasteiger partial charge in [0, 0.05) is 24.7 Å². The lowest BCUT2D eigenvalue weighted by Crippen LogP contribution is -2.40. The minimum absolute atomic E-state index is 0.0444. The summed E-state index contributed by atoms with van der Waals surface area (Å²) in [6.07, 6.45) is -1.95. The first-order valence-electron chi connectivity index (χ1n) is 6.35. The van der Waals surface area contributed by atoms with Gasteiger partial charge in [-0.25, -0.2) is 0 Å². The molecular formula is C13H23F3N2. The van der Waals surface area contributed by atoms with Crippen molar-refractivity contribution < 1.29 is 13.2 Å². The molecule has 1 unspecified atom stereocenters. The van der Waals surface area contributed by atoms with Crippen LogP contribution in [-0.2, 0) is 0 Å². The van der Waals surface area contributed by atoms with Gasteiger partial charge in [-0.1, -0.05) is 26.8 Å². The van der Waals surface area contributed by atoms with Crippen molar-refractivity contribution in [3.63, 3.8) is 0 Å². The van der Waals surface area contributed by atoms with Crippen molar-refractivity contribution in [2.75, 3.05) is 19.6 Å². The minimum atomic E-state index is -4.16. The fourth-order valence-corrected chi connectivity index (χ4v) is 1.93. The highest BCUT2D eigenvalue weighted by molar-refractivity contribution is 5.13. The Morgan fingerprint density at radius 3 is 2.33 bits per heavy atom. The molecule has 0 radical (unpaired) electrons. The Labute approximate surface area is 107 Å². The molecule has 106 valence electrons. The maximum absolute atomic E-state index is 12.4. The molecule has 1 aliphatic rings. The average molecular weight is 264 g/mol. The zero-order valence-electron chi connectivity index (χ0n) is 11.3. The van der Waals surface area contributed by atoms with E-state index >= 15 is 0 Å². The van der Waals surface area contributed by atoms with E-state index < -0.39 is 6.18 Å². The van der Waals surface area contributed by atoms with E-state index in [2.05, 4.69) is 20.8 Å². The standard InChI is InChI=1S/C13H23F3N2/c1-12(2,3)11(17)6-9-18-7-4-10(5-8-18)13(14,15)16/h4,11H,5-9,17H2,1-3H3. The lowest BCUT2D eigenvalue weighted by atomic mass is 9.85. The number of halogens is 3. The van der Waals surface area contributed by atoms with Crippen molar-refractivity contribution in [3.05, 3.63) is 11.6 Å². The van der Waals surface area contributed by atoms with Crippen LogP contribution in [0.25, 0.3) is 0 Å². The Morgan fingerprint density at radius 2 is 1.94 bits per heavy atom. The van der Waals surface area contributed by atoms with Crippen molar-refractivity contribution in [3.8, 4) is 0 Å². The molecular weight excluding hydrogens is 241 g/mol. The van der Waals surface area contributed by atoms with Crippen molar-refractivity contribution in [1.82, 2.24) is 4.90 Å². The summed E-state index contributed by atoms with van der Waals surface area (Å²) in [5.74, 6) is 0. The van der Waals surface area contributed by atoms with Gasteiger partial charge >= 0.3 is 6.18 Å². The van der Waals surface area contributed by atoms with Crippen LogP contribution >= 0.6 is 0 Å². The van der Waals surface area contributed by atoms with Gasteiger partial charge in [0.25, 0.3) is 0 Å². The van der Waals surface area contributed by atoms with Gasteiger partial charge in [-0.2, -0.15) is 13.2 Å². The summed E-state index contributed by atoms with van der Waals surface area (Å²) in [6, 6.07) is 0.0745. The summed E-state index contributed by atoms with van der Waals surface area (Å²) < 4.78 is 37.3. The summed E-state index contributed by atoms with van der Waals surface area (Å²) >= 11 is 0. The molecule has 1 rings (SSSR count). The molecule has 0 saturated carbocycles. The van der Waals surface area contributed by atoms with Crippen molar-refractivity contribution in [1.29, 1.82) is 0 Å². The van der Waals surface area contributed by atoms with Crippen LogP contribution in [0.2, 0.25) is 0 Å². The normalized spacial score (nSPS) is 20.7. The third kappa shape index (κ3) is 4.61. The van der Waals surface area contributed by atoms with Crippen LogP contribution in [-0.4, -0.2) is 36.8 Å². The van der Waals surface area contributed by atoms with Crippen molar-refractivity contribution in [2.45, 2.75) is 45.8 Å². The molecule has 0 aromatic rings. The third-order valence-corrected chi connectivity index (χ3v) is 3.53. The molecule has 0 spiro atoms. The summed E-state index contributed by atoms with van der Waals surface area (Å²) in [5.41, 5.74) is 5.70. The van der Waals surface area contributed by atoms with Crippen LogP contribution < -0.4 is 5.73 Å². The predicted molar refractivity (Wildman–Crippen MR) is 67.2 cm³/mol. The Morgan fingerprint density at radius 1 is 1.33 bits per heavy atom. The molecule has 0 aromatic carbocycles. The molecule has 2 nitrogen and oxygen atoms in total. The Bertz CT molecular complexity index is 302. The van der Waals surface area contributed by atoms with Gasteiger partial charge < -0.3 is 5.73 Å². The molecule has 0 bridgehead atoms. The lowest BCUT2D eigenvalue weighted by Gasteiger charge is -2.31. The van der Waals surface area contributed by atoms with E-state index in [1.54, 1.807) is 0 Å². The van der Waals surface area contributed by atoms with Gasteiger partial charge in [0.05, 0.1) is 0 Å². The van der Waals surface area contributed by atoms with Crippen LogP contribution in [0.1, 0.15) is 33.6 Å². The summed E-state index contributed by atoms with van der Waals surface area (Å²) in [4.78, 5) is 2.03. The van der Waals surface area contributed by atoms with Crippen LogP contribution in [0.15, 0.2) is 11.6 Å². The van der Waals surface area contributed by atoms with Gasteiger partial charge in [0.15, 0.2) is 0 Å². The SMILES string of the molecule is CC(C)(C)C(N)CCN1CC=C(C(F)(F)F)CC1. The van der Waals surface area contributed by atoms with E-state index in [0.717, 1.165) is 13.0 Å². The van der Waals surface area contributed by atoms with Crippen LogP contribution in [0.5, 0.6) is 0 Å². The number of hydrogen-bond acceptors (Lipinski definition) is 2. The first kappa shape index (κ1) is 15.5. The molecule has 5 heteroatoms. The molecule has 0 fully saturated rings. The van der Waals surface area contributed by atoms with E-state index in [-0.39, 0.29) is 23.5 Å². The molecule has 1 heterocycles. The third-order valence-electron chi connectivity index (χ3n) is 3.53. The number of hydrogen-bond donors (Lipinski definition) is 1. The fourth-order valence-electron chi connectivity index (χ4n) is 1.93. The zero-order chi connectivity index (χ0) is 14.0.